The topological polar surface area (TPSA) is 69.0 Å². The first-order valence-electron chi connectivity index (χ1n) is 8.65. The van der Waals surface area contributed by atoms with Crippen molar-refractivity contribution in [3.05, 3.63) is 82.9 Å². The summed E-state index contributed by atoms with van der Waals surface area (Å²) in [5.41, 5.74) is 3.69. The third-order valence-corrected chi connectivity index (χ3v) is 4.56. The summed E-state index contributed by atoms with van der Waals surface area (Å²) in [6, 6.07) is 20.1. The fourth-order valence-electron chi connectivity index (χ4n) is 2.94. The highest BCUT2D eigenvalue weighted by Gasteiger charge is 2.11. The van der Waals surface area contributed by atoms with Crippen LogP contribution in [0.15, 0.2) is 66.7 Å². The van der Waals surface area contributed by atoms with E-state index in [-0.39, 0.29) is 5.91 Å². The summed E-state index contributed by atoms with van der Waals surface area (Å²) < 4.78 is 7.06. The number of rotatable bonds is 5. The van der Waals surface area contributed by atoms with E-state index in [2.05, 4.69) is 15.6 Å². The Kier molecular flexibility index (Phi) is 4.95. The second kappa shape index (κ2) is 7.70. The lowest BCUT2D eigenvalue weighted by Crippen LogP contribution is -2.11. The molecule has 4 aromatic rings. The molecule has 0 aliphatic rings. The molecule has 0 radical (unpaired) electrons. The molecule has 0 saturated carbocycles. The van der Waals surface area contributed by atoms with Crippen molar-refractivity contribution in [1.82, 2.24) is 15.0 Å². The lowest BCUT2D eigenvalue weighted by Gasteiger charge is -2.07. The zero-order chi connectivity index (χ0) is 19.5. The van der Waals surface area contributed by atoms with Crippen LogP contribution in [-0.2, 0) is 6.54 Å². The van der Waals surface area contributed by atoms with Crippen LogP contribution in [0.3, 0.4) is 0 Å². The lowest BCUT2D eigenvalue weighted by atomic mass is 10.1. The number of amides is 1. The molecule has 140 valence electrons. The minimum absolute atomic E-state index is 0.230. The van der Waals surface area contributed by atoms with Crippen LogP contribution in [0.25, 0.3) is 11.0 Å². The molecule has 0 aliphatic heterocycles. The summed E-state index contributed by atoms with van der Waals surface area (Å²) in [6.07, 6.45) is 0. The third kappa shape index (κ3) is 3.82. The van der Waals surface area contributed by atoms with Crippen LogP contribution >= 0.6 is 11.6 Å². The normalized spacial score (nSPS) is 10.8. The Morgan fingerprint density at radius 3 is 2.79 bits per heavy atom. The minimum Gasteiger partial charge on any atom is -0.497 e. The lowest BCUT2D eigenvalue weighted by molar-refractivity contribution is 0.102. The van der Waals surface area contributed by atoms with E-state index in [9.17, 15) is 4.79 Å². The average Bonchev–Trinajstić information content (AvgIpc) is 3.10. The zero-order valence-corrected chi connectivity index (χ0v) is 15.8. The van der Waals surface area contributed by atoms with Gasteiger partial charge in [-0.15, -0.1) is 5.10 Å². The number of nitrogens with one attached hydrogen (secondary N) is 1. The largest absolute Gasteiger partial charge is 0.497 e. The van der Waals surface area contributed by atoms with Crippen molar-refractivity contribution in [2.45, 2.75) is 6.54 Å². The van der Waals surface area contributed by atoms with E-state index in [1.54, 1.807) is 48.2 Å². The van der Waals surface area contributed by atoms with Gasteiger partial charge in [0.1, 0.15) is 11.3 Å². The summed E-state index contributed by atoms with van der Waals surface area (Å²) >= 11 is 5.96. The molecule has 7 heteroatoms. The van der Waals surface area contributed by atoms with Crippen LogP contribution in [0.5, 0.6) is 5.75 Å². The molecule has 1 N–H and O–H groups in total. The number of carbonyl (C=O) groups excluding carboxylic acids is 1. The Labute approximate surface area is 166 Å². The van der Waals surface area contributed by atoms with Crippen LogP contribution in [0.2, 0.25) is 5.02 Å². The highest BCUT2D eigenvalue weighted by atomic mass is 35.5. The molecule has 0 unspecified atom stereocenters. The molecule has 0 bridgehead atoms. The van der Waals surface area contributed by atoms with Crippen LogP contribution in [0, 0.1) is 0 Å². The first-order chi connectivity index (χ1) is 13.6. The van der Waals surface area contributed by atoms with Gasteiger partial charge in [0.2, 0.25) is 0 Å². The van der Waals surface area contributed by atoms with E-state index >= 15 is 0 Å². The molecule has 28 heavy (non-hydrogen) atoms. The van der Waals surface area contributed by atoms with Crippen molar-refractivity contribution >= 4 is 34.2 Å². The SMILES string of the molecule is COc1cccc(Cn2nnc3cc(C(=O)Nc4cccc(Cl)c4)ccc32)c1. The molecule has 1 amide bonds. The van der Waals surface area contributed by atoms with Gasteiger partial charge >= 0.3 is 0 Å². The van der Waals surface area contributed by atoms with Crippen LogP contribution in [0.1, 0.15) is 15.9 Å². The predicted octanol–water partition coefficient (Wildman–Crippen LogP) is 4.39. The van der Waals surface area contributed by atoms with E-state index in [0.717, 1.165) is 16.8 Å². The number of carbonyl (C=O) groups is 1. The van der Waals surface area contributed by atoms with Gasteiger partial charge in [-0.1, -0.05) is 35.0 Å². The molecular weight excluding hydrogens is 376 g/mol. The van der Waals surface area contributed by atoms with Crippen molar-refractivity contribution < 1.29 is 9.53 Å². The summed E-state index contributed by atoms with van der Waals surface area (Å²) in [5.74, 6) is 0.563. The van der Waals surface area contributed by atoms with Crippen LogP contribution < -0.4 is 10.1 Å². The molecular formula is C21H17ClN4O2. The maximum absolute atomic E-state index is 12.5. The summed E-state index contributed by atoms with van der Waals surface area (Å²) in [6.45, 7) is 0.557. The maximum Gasteiger partial charge on any atom is 0.255 e. The minimum atomic E-state index is -0.230. The van der Waals surface area contributed by atoms with Crippen molar-refractivity contribution in [2.24, 2.45) is 0 Å². The van der Waals surface area contributed by atoms with Gasteiger partial charge in [-0.2, -0.15) is 0 Å². The molecule has 0 saturated heterocycles. The van der Waals surface area contributed by atoms with E-state index < -0.39 is 0 Å². The first kappa shape index (κ1) is 18.0. The number of nitrogens with zero attached hydrogens (tertiary/aromatic N) is 3. The highest BCUT2D eigenvalue weighted by Crippen LogP contribution is 2.19. The number of hydrogen-bond donors (Lipinski definition) is 1. The van der Waals surface area contributed by atoms with Gasteiger partial charge < -0.3 is 10.1 Å². The van der Waals surface area contributed by atoms with Crippen molar-refractivity contribution in [2.75, 3.05) is 12.4 Å². The molecule has 0 spiro atoms. The Morgan fingerprint density at radius 1 is 1.11 bits per heavy atom. The molecule has 3 aromatic carbocycles. The van der Waals surface area contributed by atoms with Crippen molar-refractivity contribution in [3.8, 4) is 5.75 Å². The van der Waals surface area contributed by atoms with Gasteiger partial charge in [0.25, 0.3) is 5.91 Å². The third-order valence-electron chi connectivity index (χ3n) is 4.33. The molecule has 0 atom stereocenters. The van der Waals surface area contributed by atoms with Crippen LogP contribution in [0.4, 0.5) is 5.69 Å². The average molecular weight is 393 g/mol. The second-order valence-electron chi connectivity index (χ2n) is 6.27. The van der Waals surface area contributed by atoms with Gasteiger partial charge in [0, 0.05) is 16.3 Å². The quantitative estimate of drug-likeness (QED) is 0.546. The summed E-state index contributed by atoms with van der Waals surface area (Å²) in [5, 5.41) is 11.8. The number of hydrogen-bond acceptors (Lipinski definition) is 4. The maximum atomic E-state index is 12.5. The van der Waals surface area contributed by atoms with Gasteiger partial charge in [-0.25, -0.2) is 4.68 Å². The monoisotopic (exact) mass is 392 g/mol. The fraction of sp³-hybridized carbons (Fsp3) is 0.0952. The number of methoxy groups -OCH3 is 1. The summed E-state index contributed by atoms with van der Waals surface area (Å²) in [4.78, 5) is 12.5. The number of benzene rings is 3. The number of halogens is 1. The van der Waals surface area contributed by atoms with Crippen LogP contribution in [-0.4, -0.2) is 28.0 Å². The Hall–Kier alpha value is -3.38. The van der Waals surface area contributed by atoms with Crippen molar-refractivity contribution in [3.63, 3.8) is 0 Å². The summed E-state index contributed by atoms with van der Waals surface area (Å²) in [7, 11) is 1.64. The number of ether oxygens (including phenoxy) is 1. The van der Waals surface area contributed by atoms with Crippen molar-refractivity contribution in [1.29, 1.82) is 0 Å². The van der Waals surface area contributed by atoms with Gasteiger partial charge in [-0.3, -0.25) is 4.79 Å². The standard InChI is InChI=1S/C21H17ClN4O2/c1-28-18-7-2-4-14(10-18)13-26-20-9-8-15(11-19(20)24-25-26)21(27)23-17-6-3-5-16(22)12-17/h2-12H,13H2,1H3,(H,23,27). The number of anilines is 1. The predicted molar refractivity (Wildman–Crippen MR) is 109 cm³/mol. The molecule has 4 rings (SSSR count). The molecule has 6 nitrogen and oxygen atoms in total. The Morgan fingerprint density at radius 2 is 1.96 bits per heavy atom. The second-order valence-corrected chi connectivity index (χ2v) is 6.70. The molecule has 1 heterocycles. The zero-order valence-electron chi connectivity index (χ0n) is 15.1. The molecule has 1 aromatic heterocycles. The van der Waals surface area contributed by atoms with Gasteiger partial charge in [0.15, 0.2) is 0 Å². The Bertz CT molecular complexity index is 1160. The van der Waals surface area contributed by atoms with E-state index in [0.29, 0.717) is 28.3 Å². The number of fused-ring (bicyclic) bond motifs is 1. The smallest absolute Gasteiger partial charge is 0.255 e. The molecule has 0 aliphatic carbocycles. The fourth-order valence-corrected chi connectivity index (χ4v) is 3.13. The highest BCUT2D eigenvalue weighted by molar-refractivity contribution is 6.31. The number of aromatic nitrogens is 3. The Balaban J connectivity index is 1.56. The van der Waals surface area contributed by atoms with E-state index in [1.807, 2.05) is 30.3 Å². The van der Waals surface area contributed by atoms with Gasteiger partial charge in [0.05, 0.1) is 19.2 Å². The van der Waals surface area contributed by atoms with E-state index in [4.69, 9.17) is 16.3 Å². The van der Waals surface area contributed by atoms with Gasteiger partial charge in [-0.05, 0) is 54.1 Å². The first-order valence-corrected chi connectivity index (χ1v) is 9.03. The molecule has 0 fully saturated rings. The van der Waals surface area contributed by atoms with E-state index in [1.165, 1.54) is 0 Å².